The molecule has 182 valence electrons. The summed E-state index contributed by atoms with van der Waals surface area (Å²) >= 11 is 0. The minimum absolute atomic E-state index is 0.127. The van der Waals surface area contributed by atoms with Crippen LogP contribution in [0.15, 0.2) is 12.3 Å². The Morgan fingerprint density at radius 1 is 1.21 bits per heavy atom. The number of ether oxygens (including phenoxy) is 2. The zero-order valence-corrected chi connectivity index (χ0v) is 21.7. The lowest BCUT2D eigenvalue weighted by Gasteiger charge is -2.33. The second-order valence-electron chi connectivity index (χ2n) is 11.4. The normalized spacial score (nSPS) is 19.0. The molecule has 1 aliphatic rings. The van der Waals surface area contributed by atoms with E-state index in [4.69, 9.17) is 18.8 Å². The SMILES string of the molecule is CC(C)CC(C)(COc1ncc(B2OC(C)(C)C(C)(C)O2)cc1C#N)NC(=O)OC(C)(C)C. The van der Waals surface area contributed by atoms with Crippen molar-refractivity contribution >= 4 is 18.7 Å². The first kappa shape index (κ1) is 26.9. The number of rotatable bonds is 7. The number of nitrogens with one attached hydrogen (secondary N) is 1. The molecule has 1 saturated heterocycles. The van der Waals surface area contributed by atoms with Crippen molar-refractivity contribution in [2.24, 2.45) is 5.92 Å². The van der Waals surface area contributed by atoms with Gasteiger partial charge in [0.25, 0.3) is 0 Å². The smallest absolute Gasteiger partial charge is 0.474 e. The molecule has 9 heteroatoms. The maximum Gasteiger partial charge on any atom is 0.496 e. The number of hydrogen-bond acceptors (Lipinski definition) is 7. The average Bonchev–Trinajstić information content (AvgIpc) is 2.84. The molecule has 0 aliphatic carbocycles. The second-order valence-corrected chi connectivity index (χ2v) is 11.4. The van der Waals surface area contributed by atoms with Gasteiger partial charge in [0, 0.05) is 11.7 Å². The van der Waals surface area contributed by atoms with Crippen LogP contribution in [0.4, 0.5) is 4.79 Å². The molecule has 1 aromatic rings. The molecule has 1 aromatic heterocycles. The maximum atomic E-state index is 12.4. The third-order valence-corrected chi connectivity index (χ3v) is 5.71. The second kappa shape index (κ2) is 9.51. The first-order valence-corrected chi connectivity index (χ1v) is 11.4. The molecule has 0 saturated carbocycles. The molecule has 1 atom stereocenters. The highest BCUT2D eigenvalue weighted by Crippen LogP contribution is 2.36. The van der Waals surface area contributed by atoms with Crippen LogP contribution in [0, 0.1) is 17.2 Å². The van der Waals surface area contributed by atoms with E-state index < -0.39 is 35.6 Å². The summed E-state index contributed by atoms with van der Waals surface area (Å²) in [5.74, 6) is 0.487. The highest BCUT2D eigenvalue weighted by Gasteiger charge is 2.52. The minimum Gasteiger partial charge on any atom is -0.474 e. The van der Waals surface area contributed by atoms with Crippen molar-refractivity contribution in [2.45, 2.75) is 98.0 Å². The van der Waals surface area contributed by atoms with Crippen LogP contribution in [0.25, 0.3) is 0 Å². The Balaban J connectivity index is 2.18. The highest BCUT2D eigenvalue weighted by molar-refractivity contribution is 6.62. The Bertz CT molecular complexity index is 888. The van der Waals surface area contributed by atoms with E-state index in [1.54, 1.807) is 12.3 Å². The fourth-order valence-electron chi connectivity index (χ4n) is 3.60. The molecule has 1 N–H and O–H groups in total. The predicted octanol–water partition coefficient (Wildman–Crippen LogP) is 3.96. The third kappa shape index (κ3) is 7.09. The van der Waals surface area contributed by atoms with E-state index in [0.29, 0.717) is 17.8 Å². The molecule has 33 heavy (non-hydrogen) atoms. The molecule has 1 unspecified atom stereocenters. The van der Waals surface area contributed by atoms with Crippen LogP contribution >= 0.6 is 0 Å². The van der Waals surface area contributed by atoms with Gasteiger partial charge in [0.15, 0.2) is 0 Å². The van der Waals surface area contributed by atoms with Crippen molar-refractivity contribution in [3.63, 3.8) is 0 Å². The Morgan fingerprint density at radius 2 is 1.79 bits per heavy atom. The topological polar surface area (TPSA) is 103 Å². The molecule has 0 aromatic carbocycles. The number of pyridine rings is 1. The summed E-state index contributed by atoms with van der Waals surface area (Å²) in [7, 11) is -0.622. The summed E-state index contributed by atoms with van der Waals surface area (Å²) < 4.78 is 23.5. The number of hydrogen-bond donors (Lipinski definition) is 1. The van der Waals surface area contributed by atoms with Gasteiger partial charge in [-0.1, -0.05) is 13.8 Å². The number of nitriles is 1. The Kier molecular flexibility index (Phi) is 7.77. The van der Waals surface area contributed by atoms with Crippen LogP contribution in [0.1, 0.15) is 81.2 Å². The van der Waals surface area contributed by atoms with E-state index in [2.05, 4.69) is 30.2 Å². The number of carbonyl (C=O) groups excluding carboxylic acids is 1. The summed E-state index contributed by atoms with van der Waals surface area (Å²) in [6.45, 7) is 19.5. The van der Waals surface area contributed by atoms with E-state index in [1.165, 1.54) is 0 Å². The Labute approximate surface area is 198 Å². The maximum absolute atomic E-state index is 12.4. The van der Waals surface area contributed by atoms with Gasteiger partial charge in [-0.3, -0.25) is 0 Å². The molecule has 8 nitrogen and oxygen atoms in total. The van der Waals surface area contributed by atoms with E-state index >= 15 is 0 Å². The minimum atomic E-state index is -0.713. The average molecular weight is 459 g/mol. The molecule has 0 radical (unpaired) electrons. The fourth-order valence-corrected chi connectivity index (χ4v) is 3.60. The van der Waals surface area contributed by atoms with Crippen LogP contribution in [-0.2, 0) is 14.0 Å². The van der Waals surface area contributed by atoms with Crippen LogP contribution in [0.3, 0.4) is 0 Å². The van der Waals surface area contributed by atoms with Crippen molar-refractivity contribution < 1.29 is 23.6 Å². The van der Waals surface area contributed by atoms with E-state index in [0.717, 1.165) is 0 Å². The molecular weight excluding hydrogens is 421 g/mol. The van der Waals surface area contributed by atoms with Gasteiger partial charge in [0.05, 0.1) is 16.7 Å². The molecule has 2 heterocycles. The van der Waals surface area contributed by atoms with Gasteiger partial charge in [-0.2, -0.15) is 5.26 Å². The van der Waals surface area contributed by atoms with Gasteiger partial charge in [-0.15, -0.1) is 0 Å². The summed E-state index contributed by atoms with van der Waals surface area (Å²) in [5, 5.41) is 12.6. The van der Waals surface area contributed by atoms with Crippen molar-refractivity contribution in [1.82, 2.24) is 10.3 Å². The number of carbonyl (C=O) groups is 1. The van der Waals surface area contributed by atoms with Gasteiger partial charge in [0.1, 0.15) is 23.8 Å². The molecule has 2 rings (SSSR count). The Hall–Kier alpha value is -2.31. The molecule has 1 amide bonds. The van der Waals surface area contributed by atoms with E-state index in [9.17, 15) is 10.1 Å². The molecule has 1 fully saturated rings. The van der Waals surface area contributed by atoms with Crippen LogP contribution in [-0.4, -0.2) is 47.1 Å². The molecule has 1 aliphatic heterocycles. The van der Waals surface area contributed by atoms with Crippen LogP contribution in [0.5, 0.6) is 5.88 Å². The van der Waals surface area contributed by atoms with Crippen molar-refractivity contribution in [3.8, 4) is 11.9 Å². The first-order chi connectivity index (χ1) is 15.0. The zero-order chi connectivity index (χ0) is 25.2. The van der Waals surface area contributed by atoms with Crippen molar-refractivity contribution in [2.75, 3.05) is 6.61 Å². The summed E-state index contributed by atoms with van der Waals surface area (Å²) in [6, 6.07) is 3.81. The lowest BCUT2D eigenvalue weighted by Crippen LogP contribution is -2.52. The largest absolute Gasteiger partial charge is 0.496 e. The van der Waals surface area contributed by atoms with E-state index in [-0.39, 0.29) is 18.1 Å². The summed E-state index contributed by atoms with van der Waals surface area (Å²) in [6.07, 6.45) is 1.73. The third-order valence-electron chi connectivity index (χ3n) is 5.71. The van der Waals surface area contributed by atoms with Gasteiger partial charge in [-0.05, 0) is 73.8 Å². The van der Waals surface area contributed by atoms with Crippen LogP contribution < -0.4 is 15.5 Å². The lowest BCUT2D eigenvalue weighted by atomic mass is 9.80. The van der Waals surface area contributed by atoms with Crippen LogP contribution in [0.2, 0.25) is 0 Å². The summed E-state index contributed by atoms with van der Waals surface area (Å²) in [4.78, 5) is 16.8. The molecule has 0 bridgehead atoms. The quantitative estimate of drug-likeness (QED) is 0.616. The van der Waals surface area contributed by atoms with Gasteiger partial charge >= 0.3 is 13.2 Å². The number of amides is 1. The lowest BCUT2D eigenvalue weighted by molar-refractivity contribution is 0.00578. The highest BCUT2D eigenvalue weighted by atomic mass is 16.7. The van der Waals surface area contributed by atoms with Crippen molar-refractivity contribution in [3.05, 3.63) is 17.8 Å². The van der Waals surface area contributed by atoms with Gasteiger partial charge in [-0.25, -0.2) is 9.78 Å². The molecular formula is C24H38BN3O5. The molecule has 0 spiro atoms. The number of aromatic nitrogens is 1. The van der Waals surface area contributed by atoms with E-state index in [1.807, 2.05) is 55.4 Å². The van der Waals surface area contributed by atoms with Crippen molar-refractivity contribution in [1.29, 1.82) is 5.26 Å². The van der Waals surface area contributed by atoms with Gasteiger partial charge in [0.2, 0.25) is 5.88 Å². The predicted molar refractivity (Wildman–Crippen MR) is 127 cm³/mol. The fraction of sp³-hybridized carbons (Fsp3) is 0.708. The monoisotopic (exact) mass is 459 g/mol. The Morgan fingerprint density at radius 3 is 2.27 bits per heavy atom. The number of alkyl carbamates (subject to hydrolysis) is 1. The zero-order valence-electron chi connectivity index (χ0n) is 21.7. The standard InChI is InChI=1S/C24H38BN3O5/c1-16(2)12-24(10,28-20(29)31-21(3,4)5)15-30-19-17(13-26)11-18(14-27-19)25-32-22(6,7)23(8,9)33-25/h11,14,16H,12,15H2,1-10H3,(H,28,29). The first-order valence-electron chi connectivity index (χ1n) is 11.4. The van der Waals surface area contributed by atoms with Gasteiger partial charge < -0.3 is 24.1 Å². The summed E-state index contributed by atoms with van der Waals surface area (Å²) in [5.41, 5.74) is -1.39. The number of nitrogens with zero attached hydrogens (tertiary/aromatic N) is 2.